The topological polar surface area (TPSA) is 79.1 Å². The van der Waals surface area contributed by atoms with Gasteiger partial charge in [-0.3, -0.25) is 9.59 Å². The number of thioether (sulfide) groups is 1. The van der Waals surface area contributed by atoms with Crippen LogP contribution < -0.4 is 14.3 Å². The highest BCUT2D eigenvalue weighted by Gasteiger charge is 2.19. The quantitative estimate of drug-likeness (QED) is 0.396. The van der Waals surface area contributed by atoms with E-state index in [-0.39, 0.29) is 32.3 Å². The fourth-order valence-electron chi connectivity index (χ4n) is 3.22. The number of amides is 1. The minimum Gasteiger partial charge on any atom is -0.465 e. The number of carbonyl (C=O) groups is 2. The Morgan fingerprint density at radius 1 is 1.16 bits per heavy atom. The summed E-state index contributed by atoms with van der Waals surface area (Å²) in [6.07, 6.45) is 0.188. The normalized spacial score (nSPS) is 13.0. The van der Waals surface area contributed by atoms with E-state index in [0.29, 0.717) is 16.3 Å². The van der Waals surface area contributed by atoms with Crippen LogP contribution in [0.5, 0.6) is 11.5 Å². The molecule has 0 saturated heterocycles. The lowest BCUT2D eigenvalue weighted by Gasteiger charge is -2.06. The summed E-state index contributed by atoms with van der Waals surface area (Å²) in [5.41, 5.74) is 1.64. The van der Waals surface area contributed by atoms with Gasteiger partial charge in [-0.2, -0.15) is 4.99 Å². The van der Waals surface area contributed by atoms with E-state index in [9.17, 15) is 9.59 Å². The first-order valence-corrected chi connectivity index (χ1v) is 11.8. The smallest absolute Gasteiger partial charge is 0.326 e. The Balaban J connectivity index is 1.66. The molecule has 0 N–H and O–H groups in total. The summed E-state index contributed by atoms with van der Waals surface area (Å²) >= 11 is 3.08. The van der Waals surface area contributed by atoms with Gasteiger partial charge in [-0.05, 0) is 30.4 Å². The van der Waals surface area contributed by atoms with Gasteiger partial charge in [-0.15, -0.1) is 11.8 Å². The first-order valence-electron chi connectivity index (χ1n) is 9.95. The van der Waals surface area contributed by atoms with Crippen LogP contribution in [0.3, 0.4) is 0 Å². The highest BCUT2D eigenvalue weighted by Crippen LogP contribution is 2.37. The monoisotopic (exact) mass is 458 g/mol. The van der Waals surface area contributed by atoms with Gasteiger partial charge >= 0.3 is 5.97 Å². The van der Waals surface area contributed by atoms with E-state index in [1.54, 1.807) is 29.3 Å². The van der Waals surface area contributed by atoms with E-state index in [1.807, 2.05) is 30.3 Å². The second kappa shape index (κ2) is 9.57. The third-order valence-corrected chi connectivity index (χ3v) is 6.52. The standard InChI is InChI=1S/C22H22N2O5S2/c1-3-27-21(26)12-24-16-10-17-18(29-13-28-17)11-19(16)31-22(24)23-20(25)9-14-5-7-15(8-6-14)30-4-2/h5-8,10-11H,3-4,9,12-13H2,1-2H3. The molecule has 4 rings (SSSR count). The molecule has 2 heterocycles. The number of rotatable bonds is 7. The fraction of sp³-hybridized carbons (Fsp3) is 0.318. The summed E-state index contributed by atoms with van der Waals surface area (Å²) in [5, 5.41) is 0. The zero-order valence-corrected chi connectivity index (χ0v) is 18.9. The number of aromatic nitrogens is 1. The summed E-state index contributed by atoms with van der Waals surface area (Å²) in [4.78, 5) is 30.8. The van der Waals surface area contributed by atoms with Crippen molar-refractivity contribution in [1.82, 2.24) is 4.57 Å². The molecule has 0 radical (unpaired) electrons. The Kier molecular flexibility index (Phi) is 6.62. The van der Waals surface area contributed by atoms with Crippen molar-refractivity contribution in [2.75, 3.05) is 19.2 Å². The van der Waals surface area contributed by atoms with E-state index in [4.69, 9.17) is 14.2 Å². The summed E-state index contributed by atoms with van der Waals surface area (Å²) in [7, 11) is 0. The minimum atomic E-state index is -0.391. The molecule has 0 bridgehead atoms. The van der Waals surface area contributed by atoms with Crippen LogP contribution in [0, 0.1) is 0 Å². The molecule has 1 aliphatic rings. The second-order valence-electron chi connectivity index (χ2n) is 6.71. The van der Waals surface area contributed by atoms with Crippen molar-refractivity contribution in [3.05, 3.63) is 46.8 Å². The van der Waals surface area contributed by atoms with E-state index in [2.05, 4.69) is 11.9 Å². The van der Waals surface area contributed by atoms with Crippen LogP contribution in [-0.2, 0) is 27.3 Å². The predicted octanol–water partition coefficient (Wildman–Crippen LogP) is 3.78. The van der Waals surface area contributed by atoms with Crippen molar-refractivity contribution in [2.45, 2.75) is 31.7 Å². The lowest BCUT2D eigenvalue weighted by molar-refractivity contribution is -0.143. The van der Waals surface area contributed by atoms with E-state index < -0.39 is 5.97 Å². The average Bonchev–Trinajstić information content (AvgIpc) is 3.32. The number of hydrogen-bond acceptors (Lipinski definition) is 7. The Bertz CT molecular complexity index is 1180. The number of esters is 1. The van der Waals surface area contributed by atoms with Crippen molar-refractivity contribution in [1.29, 1.82) is 0 Å². The van der Waals surface area contributed by atoms with Crippen molar-refractivity contribution in [3.8, 4) is 11.5 Å². The highest BCUT2D eigenvalue weighted by molar-refractivity contribution is 7.99. The molecule has 162 valence electrons. The molecule has 1 aromatic heterocycles. The highest BCUT2D eigenvalue weighted by atomic mass is 32.2. The molecule has 1 aliphatic heterocycles. The maximum absolute atomic E-state index is 12.7. The van der Waals surface area contributed by atoms with Crippen LogP contribution in [0.2, 0.25) is 0 Å². The van der Waals surface area contributed by atoms with Gasteiger partial charge in [0.1, 0.15) is 6.54 Å². The van der Waals surface area contributed by atoms with Gasteiger partial charge in [0.25, 0.3) is 5.91 Å². The number of fused-ring (bicyclic) bond motifs is 2. The van der Waals surface area contributed by atoms with Crippen LogP contribution in [0.1, 0.15) is 19.4 Å². The lowest BCUT2D eigenvalue weighted by Crippen LogP contribution is -2.23. The average molecular weight is 459 g/mol. The van der Waals surface area contributed by atoms with Crippen LogP contribution in [0.25, 0.3) is 10.2 Å². The van der Waals surface area contributed by atoms with Gasteiger partial charge in [0.15, 0.2) is 16.3 Å². The SMILES string of the molecule is CCOC(=O)Cn1c(=NC(=O)Cc2ccc(SCC)cc2)sc2cc3c(cc21)OCO3. The maximum Gasteiger partial charge on any atom is 0.326 e. The lowest BCUT2D eigenvalue weighted by atomic mass is 10.1. The molecular formula is C22H22N2O5S2. The molecular weight excluding hydrogens is 436 g/mol. The zero-order chi connectivity index (χ0) is 21.8. The molecule has 0 saturated carbocycles. The molecule has 0 spiro atoms. The van der Waals surface area contributed by atoms with Crippen LogP contribution in [0.4, 0.5) is 0 Å². The molecule has 7 nitrogen and oxygen atoms in total. The molecule has 31 heavy (non-hydrogen) atoms. The number of ether oxygens (including phenoxy) is 3. The molecule has 9 heteroatoms. The van der Waals surface area contributed by atoms with Gasteiger partial charge in [0, 0.05) is 17.0 Å². The fourth-order valence-corrected chi connectivity index (χ4v) is 4.94. The Morgan fingerprint density at radius 3 is 2.61 bits per heavy atom. The number of benzene rings is 2. The second-order valence-corrected chi connectivity index (χ2v) is 9.05. The van der Waals surface area contributed by atoms with Crippen molar-refractivity contribution in [3.63, 3.8) is 0 Å². The van der Waals surface area contributed by atoms with E-state index in [0.717, 1.165) is 21.5 Å². The van der Waals surface area contributed by atoms with Crippen molar-refractivity contribution in [2.24, 2.45) is 4.99 Å². The Morgan fingerprint density at radius 2 is 1.90 bits per heavy atom. The first-order chi connectivity index (χ1) is 15.1. The maximum atomic E-state index is 12.7. The number of thiazole rings is 1. The zero-order valence-electron chi connectivity index (χ0n) is 17.3. The molecule has 1 amide bonds. The minimum absolute atomic E-state index is 0.0392. The molecule has 3 aromatic rings. The summed E-state index contributed by atoms with van der Waals surface area (Å²) in [6, 6.07) is 11.6. The number of hydrogen-bond donors (Lipinski definition) is 0. The third-order valence-electron chi connectivity index (χ3n) is 4.58. The largest absolute Gasteiger partial charge is 0.465 e. The third kappa shape index (κ3) is 4.94. The predicted molar refractivity (Wildman–Crippen MR) is 120 cm³/mol. The van der Waals surface area contributed by atoms with Crippen molar-refractivity contribution < 1.29 is 23.8 Å². The Labute approximate surface area is 187 Å². The number of carbonyl (C=O) groups excluding carboxylic acids is 2. The van der Waals surface area contributed by atoms with Crippen molar-refractivity contribution >= 4 is 45.2 Å². The van der Waals surface area contributed by atoms with Crippen LogP contribution in [-0.4, -0.2) is 35.6 Å². The van der Waals surface area contributed by atoms with Gasteiger partial charge in [0.2, 0.25) is 6.79 Å². The molecule has 0 unspecified atom stereocenters. The molecule has 0 aliphatic carbocycles. The van der Waals surface area contributed by atoms with E-state index in [1.165, 1.54) is 16.2 Å². The van der Waals surface area contributed by atoms with Gasteiger partial charge in [-0.1, -0.05) is 30.4 Å². The summed E-state index contributed by atoms with van der Waals surface area (Å²) < 4.78 is 18.6. The van der Waals surface area contributed by atoms with Gasteiger partial charge < -0.3 is 18.8 Å². The summed E-state index contributed by atoms with van der Waals surface area (Å²) in [5.74, 6) is 1.57. The first kappa shape index (κ1) is 21.5. The molecule has 2 aromatic carbocycles. The van der Waals surface area contributed by atoms with Crippen LogP contribution in [0.15, 0.2) is 46.3 Å². The van der Waals surface area contributed by atoms with Crippen LogP contribution >= 0.6 is 23.1 Å². The van der Waals surface area contributed by atoms with E-state index >= 15 is 0 Å². The van der Waals surface area contributed by atoms with Gasteiger partial charge in [-0.25, -0.2) is 0 Å². The Hall–Kier alpha value is -2.78. The molecule has 0 fully saturated rings. The van der Waals surface area contributed by atoms with Gasteiger partial charge in [0.05, 0.1) is 23.2 Å². The molecule has 0 atom stereocenters. The number of nitrogens with zero attached hydrogens (tertiary/aromatic N) is 2. The summed E-state index contributed by atoms with van der Waals surface area (Å²) in [6.45, 7) is 4.26.